The van der Waals surface area contributed by atoms with Crippen LogP contribution in [0.2, 0.25) is 5.02 Å². The molecule has 8 heteroatoms. The third-order valence-electron chi connectivity index (χ3n) is 3.57. The Morgan fingerprint density at radius 1 is 1.22 bits per heavy atom. The van der Waals surface area contributed by atoms with Gasteiger partial charge >= 0.3 is 0 Å². The van der Waals surface area contributed by atoms with Gasteiger partial charge in [0.05, 0.1) is 0 Å². The third kappa shape index (κ3) is 5.75. The van der Waals surface area contributed by atoms with Crippen molar-refractivity contribution < 1.29 is 14.3 Å². The fourth-order valence-corrected chi connectivity index (χ4v) is 2.56. The van der Waals surface area contributed by atoms with Gasteiger partial charge in [0, 0.05) is 24.2 Å². The van der Waals surface area contributed by atoms with Crippen LogP contribution in [-0.4, -0.2) is 47.3 Å². The van der Waals surface area contributed by atoms with Crippen molar-refractivity contribution in [2.24, 2.45) is 0 Å². The van der Waals surface area contributed by atoms with Gasteiger partial charge in [0.1, 0.15) is 5.75 Å². The normalized spacial score (nSPS) is 15.6. The summed E-state index contributed by atoms with van der Waals surface area (Å²) in [4.78, 5) is 24.2. The molecule has 0 aliphatic carbocycles. The van der Waals surface area contributed by atoms with Gasteiger partial charge in [0.25, 0.3) is 11.8 Å². The van der Waals surface area contributed by atoms with E-state index in [-0.39, 0.29) is 18.6 Å². The van der Waals surface area contributed by atoms with E-state index in [0.717, 1.165) is 0 Å². The fraction of sp³-hybridized carbons (Fsp3) is 0.467. The number of ether oxygens (including phenoxy) is 1. The quantitative estimate of drug-likeness (QED) is 0.800. The van der Waals surface area contributed by atoms with E-state index >= 15 is 0 Å². The molecule has 1 aliphatic rings. The van der Waals surface area contributed by atoms with E-state index in [9.17, 15) is 9.59 Å². The van der Waals surface area contributed by atoms with Crippen molar-refractivity contribution in [2.75, 3.05) is 19.7 Å². The van der Waals surface area contributed by atoms with Gasteiger partial charge in [-0.05, 0) is 37.1 Å². The molecule has 0 unspecified atom stereocenters. The Kier molecular flexibility index (Phi) is 6.81. The van der Waals surface area contributed by atoms with Gasteiger partial charge in [-0.2, -0.15) is 0 Å². The second kappa shape index (κ2) is 8.62. The van der Waals surface area contributed by atoms with Crippen LogP contribution in [0.1, 0.15) is 12.8 Å². The summed E-state index contributed by atoms with van der Waals surface area (Å²) < 4.78 is 5.44. The van der Waals surface area contributed by atoms with E-state index in [0.29, 0.717) is 36.7 Å². The lowest BCUT2D eigenvalue weighted by molar-refractivity contribution is -0.134. The Labute approximate surface area is 149 Å². The number of benzene rings is 1. The predicted octanol–water partition coefficient (Wildman–Crippen LogP) is 2.63. The summed E-state index contributed by atoms with van der Waals surface area (Å²) in [5.41, 5.74) is 0. The highest BCUT2D eigenvalue weighted by Gasteiger charge is 2.25. The van der Waals surface area contributed by atoms with Crippen molar-refractivity contribution >= 4 is 46.6 Å². The van der Waals surface area contributed by atoms with Crippen molar-refractivity contribution in [1.82, 2.24) is 10.2 Å². The van der Waals surface area contributed by atoms with Gasteiger partial charge in [0.15, 0.2) is 11.4 Å². The van der Waals surface area contributed by atoms with E-state index in [1.165, 1.54) is 0 Å². The van der Waals surface area contributed by atoms with Crippen LogP contribution in [0.5, 0.6) is 5.75 Å². The third-order valence-corrected chi connectivity index (χ3v) is 4.22. The number of piperidine rings is 1. The molecular formula is C15H17Cl3N2O3. The first-order valence-corrected chi connectivity index (χ1v) is 8.45. The standard InChI is InChI=1S/C15H17Cl3N2O3/c16-10-1-3-12(4-2-10)23-9-13(21)20-7-5-11(6-8-20)19-15(22)14(17)18/h1-4,11,14H,5-9H2,(H,19,22). The summed E-state index contributed by atoms with van der Waals surface area (Å²) >= 11 is 16.8. The van der Waals surface area contributed by atoms with Gasteiger partial charge in [-0.15, -0.1) is 0 Å². The Morgan fingerprint density at radius 3 is 2.39 bits per heavy atom. The van der Waals surface area contributed by atoms with Crippen molar-refractivity contribution in [2.45, 2.75) is 23.7 Å². The highest BCUT2D eigenvalue weighted by atomic mass is 35.5. The topological polar surface area (TPSA) is 58.6 Å². The Balaban J connectivity index is 1.73. The molecule has 5 nitrogen and oxygen atoms in total. The number of nitrogens with one attached hydrogen (secondary N) is 1. The van der Waals surface area contributed by atoms with Crippen LogP contribution >= 0.6 is 34.8 Å². The lowest BCUT2D eigenvalue weighted by atomic mass is 10.1. The van der Waals surface area contributed by atoms with Gasteiger partial charge in [-0.1, -0.05) is 34.8 Å². The molecule has 1 aromatic carbocycles. The number of hydrogen-bond acceptors (Lipinski definition) is 3. The summed E-state index contributed by atoms with van der Waals surface area (Å²) in [5.74, 6) is 0.113. The molecule has 0 spiro atoms. The summed E-state index contributed by atoms with van der Waals surface area (Å²) in [6, 6.07) is 6.83. The molecule has 1 aliphatic heterocycles. The Morgan fingerprint density at radius 2 is 1.83 bits per heavy atom. The number of likely N-dealkylation sites (tertiary alicyclic amines) is 1. The maximum absolute atomic E-state index is 12.1. The predicted molar refractivity (Wildman–Crippen MR) is 90.2 cm³/mol. The molecule has 126 valence electrons. The van der Waals surface area contributed by atoms with Crippen LogP contribution in [-0.2, 0) is 9.59 Å². The smallest absolute Gasteiger partial charge is 0.260 e. The second-order valence-corrected chi connectivity index (χ2v) is 6.74. The van der Waals surface area contributed by atoms with Crippen LogP contribution in [0.3, 0.4) is 0 Å². The lowest BCUT2D eigenvalue weighted by Gasteiger charge is -2.32. The Hall–Kier alpha value is -1.17. The van der Waals surface area contributed by atoms with Crippen molar-refractivity contribution in [3.63, 3.8) is 0 Å². The number of hydrogen-bond donors (Lipinski definition) is 1. The minimum absolute atomic E-state index is 0.0104. The van der Waals surface area contributed by atoms with Gasteiger partial charge in [-0.3, -0.25) is 9.59 Å². The van der Waals surface area contributed by atoms with Crippen molar-refractivity contribution in [3.05, 3.63) is 29.3 Å². The molecule has 0 radical (unpaired) electrons. The SMILES string of the molecule is O=C(NC1CCN(C(=O)COc2ccc(Cl)cc2)CC1)C(Cl)Cl. The summed E-state index contributed by atoms with van der Waals surface area (Å²) in [6.07, 6.45) is 1.33. The van der Waals surface area contributed by atoms with Crippen molar-refractivity contribution in [1.29, 1.82) is 0 Å². The zero-order chi connectivity index (χ0) is 16.8. The average Bonchev–Trinajstić information content (AvgIpc) is 2.54. The molecular weight excluding hydrogens is 363 g/mol. The van der Waals surface area contributed by atoms with E-state index in [4.69, 9.17) is 39.5 Å². The molecule has 2 rings (SSSR count). The fourth-order valence-electron chi connectivity index (χ4n) is 2.30. The largest absolute Gasteiger partial charge is 0.484 e. The summed E-state index contributed by atoms with van der Waals surface area (Å²) in [7, 11) is 0. The van der Waals surface area contributed by atoms with E-state index < -0.39 is 10.7 Å². The van der Waals surface area contributed by atoms with Crippen LogP contribution in [0, 0.1) is 0 Å². The molecule has 1 heterocycles. The van der Waals surface area contributed by atoms with Crippen LogP contribution in [0.4, 0.5) is 0 Å². The molecule has 1 aromatic rings. The lowest BCUT2D eigenvalue weighted by Crippen LogP contribution is -2.48. The minimum Gasteiger partial charge on any atom is -0.484 e. The molecule has 0 aromatic heterocycles. The molecule has 0 atom stereocenters. The first-order chi connectivity index (χ1) is 11.0. The highest BCUT2D eigenvalue weighted by molar-refractivity contribution is 6.53. The van der Waals surface area contributed by atoms with Gasteiger partial charge < -0.3 is 15.0 Å². The molecule has 23 heavy (non-hydrogen) atoms. The number of carbonyl (C=O) groups is 2. The highest BCUT2D eigenvalue weighted by Crippen LogP contribution is 2.16. The van der Waals surface area contributed by atoms with Gasteiger partial charge in [0.2, 0.25) is 0 Å². The number of nitrogens with zero attached hydrogens (tertiary/aromatic N) is 1. The van der Waals surface area contributed by atoms with Crippen LogP contribution < -0.4 is 10.1 Å². The zero-order valence-electron chi connectivity index (χ0n) is 12.3. The molecule has 0 saturated carbocycles. The number of halogens is 3. The number of rotatable bonds is 5. The molecule has 1 N–H and O–H groups in total. The number of alkyl halides is 2. The van der Waals surface area contributed by atoms with E-state index in [2.05, 4.69) is 5.32 Å². The first-order valence-electron chi connectivity index (χ1n) is 7.20. The summed E-state index contributed by atoms with van der Waals surface area (Å²) in [6.45, 7) is 1.09. The zero-order valence-corrected chi connectivity index (χ0v) is 14.6. The first kappa shape index (κ1) is 18.2. The van der Waals surface area contributed by atoms with E-state index in [1.807, 2.05) is 0 Å². The van der Waals surface area contributed by atoms with Crippen LogP contribution in [0.15, 0.2) is 24.3 Å². The van der Waals surface area contributed by atoms with Crippen LogP contribution in [0.25, 0.3) is 0 Å². The second-order valence-electron chi connectivity index (χ2n) is 5.21. The summed E-state index contributed by atoms with van der Waals surface area (Å²) in [5, 5.41) is 3.37. The van der Waals surface area contributed by atoms with Gasteiger partial charge in [-0.25, -0.2) is 0 Å². The van der Waals surface area contributed by atoms with E-state index in [1.54, 1.807) is 29.2 Å². The molecule has 2 amide bonds. The molecule has 1 saturated heterocycles. The average molecular weight is 380 g/mol. The minimum atomic E-state index is -1.07. The van der Waals surface area contributed by atoms with Crippen molar-refractivity contribution in [3.8, 4) is 5.75 Å². The molecule has 0 bridgehead atoms. The molecule has 1 fully saturated rings. The Bertz CT molecular complexity index is 543. The number of amides is 2. The maximum atomic E-state index is 12.1. The number of carbonyl (C=O) groups excluding carboxylic acids is 2. The monoisotopic (exact) mass is 378 g/mol. The maximum Gasteiger partial charge on any atom is 0.260 e.